The standard InChI is InChI=1S/C23H25NO6/c1-14-17-6-5-16(25)13-20(17)30-23(27)18(14)7-9-22(26)24-11-10-15-4-8-19(28-2)21(12-15)29-3/h4-6,8,12-13,25H,7,9-11H2,1-3H3,(H,24,26). The van der Waals surface area contributed by atoms with Crippen LogP contribution in [0.1, 0.15) is 23.1 Å². The molecule has 0 aliphatic heterocycles. The molecule has 0 aliphatic rings. The number of rotatable bonds is 8. The van der Waals surface area contributed by atoms with Crippen molar-refractivity contribution in [3.8, 4) is 17.2 Å². The highest BCUT2D eigenvalue weighted by Crippen LogP contribution is 2.27. The molecule has 0 aliphatic carbocycles. The number of hydrogen-bond donors (Lipinski definition) is 2. The third-order valence-corrected chi connectivity index (χ3v) is 5.06. The fourth-order valence-corrected chi connectivity index (χ4v) is 3.38. The number of fused-ring (bicyclic) bond motifs is 1. The molecular weight excluding hydrogens is 386 g/mol. The van der Waals surface area contributed by atoms with Crippen LogP contribution >= 0.6 is 0 Å². The van der Waals surface area contributed by atoms with Crippen LogP contribution in [0.2, 0.25) is 0 Å². The summed E-state index contributed by atoms with van der Waals surface area (Å²) in [6.45, 7) is 2.29. The van der Waals surface area contributed by atoms with Crippen LogP contribution in [0.25, 0.3) is 11.0 Å². The molecule has 7 heteroatoms. The molecule has 158 valence electrons. The monoisotopic (exact) mass is 411 g/mol. The van der Waals surface area contributed by atoms with Gasteiger partial charge in [-0.05, 0) is 55.2 Å². The summed E-state index contributed by atoms with van der Waals surface area (Å²) in [7, 11) is 3.16. The van der Waals surface area contributed by atoms with Gasteiger partial charge >= 0.3 is 5.63 Å². The number of methoxy groups -OCH3 is 2. The van der Waals surface area contributed by atoms with Crippen molar-refractivity contribution in [2.45, 2.75) is 26.2 Å². The van der Waals surface area contributed by atoms with Gasteiger partial charge in [0.25, 0.3) is 0 Å². The molecule has 0 bridgehead atoms. The molecule has 0 unspecified atom stereocenters. The first-order chi connectivity index (χ1) is 14.4. The van der Waals surface area contributed by atoms with E-state index in [2.05, 4.69) is 5.32 Å². The van der Waals surface area contributed by atoms with Crippen LogP contribution in [-0.2, 0) is 17.6 Å². The second-order valence-electron chi connectivity index (χ2n) is 6.96. The molecule has 2 N–H and O–H groups in total. The molecule has 7 nitrogen and oxygen atoms in total. The number of benzene rings is 2. The van der Waals surface area contributed by atoms with Crippen molar-refractivity contribution in [3.05, 3.63) is 63.5 Å². The van der Waals surface area contributed by atoms with Gasteiger partial charge in [-0.2, -0.15) is 0 Å². The Morgan fingerprint density at radius 1 is 1.07 bits per heavy atom. The lowest BCUT2D eigenvalue weighted by Crippen LogP contribution is -2.26. The molecule has 0 fully saturated rings. The third kappa shape index (κ3) is 4.74. The van der Waals surface area contributed by atoms with E-state index >= 15 is 0 Å². The highest BCUT2D eigenvalue weighted by Gasteiger charge is 2.13. The van der Waals surface area contributed by atoms with Gasteiger partial charge in [0.15, 0.2) is 11.5 Å². The number of phenols is 1. The van der Waals surface area contributed by atoms with Crippen LogP contribution in [0.5, 0.6) is 17.2 Å². The lowest BCUT2D eigenvalue weighted by molar-refractivity contribution is -0.121. The van der Waals surface area contributed by atoms with Crippen molar-refractivity contribution in [1.29, 1.82) is 0 Å². The molecule has 1 aromatic heterocycles. The smallest absolute Gasteiger partial charge is 0.339 e. The summed E-state index contributed by atoms with van der Waals surface area (Å²) in [4.78, 5) is 24.5. The van der Waals surface area contributed by atoms with Crippen LogP contribution in [0, 0.1) is 6.92 Å². The Labute approximate surface area is 174 Å². The maximum Gasteiger partial charge on any atom is 0.339 e. The first-order valence-electron chi connectivity index (χ1n) is 9.66. The number of ether oxygens (including phenoxy) is 2. The Kier molecular flexibility index (Phi) is 6.61. The van der Waals surface area contributed by atoms with E-state index < -0.39 is 5.63 Å². The second kappa shape index (κ2) is 9.35. The molecule has 0 atom stereocenters. The topological polar surface area (TPSA) is 98.0 Å². The Bertz CT molecular complexity index is 1120. The Balaban J connectivity index is 1.57. The molecule has 3 aromatic rings. The van der Waals surface area contributed by atoms with Gasteiger partial charge in [0.2, 0.25) is 5.91 Å². The summed E-state index contributed by atoms with van der Waals surface area (Å²) in [6.07, 6.45) is 1.11. The summed E-state index contributed by atoms with van der Waals surface area (Å²) in [5.74, 6) is 1.20. The molecule has 2 aromatic carbocycles. The number of phenolic OH excluding ortho intramolecular Hbond substituents is 1. The first-order valence-corrected chi connectivity index (χ1v) is 9.66. The van der Waals surface area contributed by atoms with E-state index in [1.165, 1.54) is 6.07 Å². The summed E-state index contributed by atoms with van der Waals surface area (Å²) >= 11 is 0. The van der Waals surface area contributed by atoms with E-state index in [0.29, 0.717) is 35.6 Å². The fraction of sp³-hybridized carbons (Fsp3) is 0.304. The molecule has 3 rings (SSSR count). The molecular formula is C23H25NO6. The zero-order chi connectivity index (χ0) is 21.7. The molecule has 1 heterocycles. The molecule has 30 heavy (non-hydrogen) atoms. The molecule has 0 spiro atoms. The number of nitrogens with one attached hydrogen (secondary N) is 1. The van der Waals surface area contributed by atoms with E-state index in [4.69, 9.17) is 13.9 Å². The van der Waals surface area contributed by atoms with Gasteiger partial charge in [0.05, 0.1) is 14.2 Å². The number of carbonyl (C=O) groups excluding carboxylic acids is 1. The number of aromatic hydroxyl groups is 1. The van der Waals surface area contributed by atoms with Gasteiger partial charge in [0, 0.05) is 30.0 Å². The maximum atomic E-state index is 12.3. The first kappa shape index (κ1) is 21.2. The van der Waals surface area contributed by atoms with Crippen molar-refractivity contribution in [3.63, 3.8) is 0 Å². The number of hydrogen-bond acceptors (Lipinski definition) is 6. The van der Waals surface area contributed by atoms with Crippen LogP contribution < -0.4 is 20.4 Å². The zero-order valence-electron chi connectivity index (χ0n) is 17.3. The molecule has 1 amide bonds. The summed E-state index contributed by atoms with van der Waals surface area (Å²) in [6, 6.07) is 10.3. The van der Waals surface area contributed by atoms with Crippen molar-refractivity contribution in [2.24, 2.45) is 0 Å². The fourth-order valence-electron chi connectivity index (χ4n) is 3.38. The van der Waals surface area contributed by atoms with Gasteiger partial charge in [-0.3, -0.25) is 4.79 Å². The molecule has 0 saturated carbocycles. The van der Waals surface area contributed by atoms with Crippen LogP contribution in [0.15, 0.2) is 45.6 Å². The van der Waals surface area contributed by atoms with Gasteiger partial charge < -0.3 is 24.3 Å². The third-order valence-electron chi connectivity index (χ3n) is 5.06. The minimum Gasteiger partial charge on any atom is -0.508 e. The predicted molar refractivity (Wildman–Crippen MR) is 113 cm³/mol. The van der Waals surface area contributed by atoms with Gasteiger partial charge in [-0.15, -0.1) is 0 Å². The van der Waals surface area contributed by atoms with Gasteiger partial charge in [-0.1, -0.05) is 6.07 Å². The second-order valence-corrected chi connectivity index (χ2v) is 6.96. The van der Waals surface area contributed by atoms with Gasteiger partial charge in [0.1, 0.15) is 11.3 Å². The van der Waals surface area contributed by atoms with Crippen LogP contribution in [-0.4, -0.2) is 31.8 Å². The quantitative estimate of drug-likeness (QED) is 0.553. The largest absolute Gasteiger partial charge is 0.508 e. The van der Waals surface area contributed by atoms with Crippen molar-refractivity contribution >= 4 is 16.9 Å². The lowest BCUT2D eigenvalue weighted by atomic mass is 10.0. The van der Waals surface area contributed by atoms with E-state index in [1.54, 1.807) is 26.4 Å². The van der Waals surface area contributed by atoms with Crippen LogP contribution in [0.3, 0.4) is 0 Å². The van der Waals surface area contributed by atoms with Crippen molar-refractivity contribution < 1.29 is 23.8 Å². The summed E-state index contributed by atoms with van der Waals surface area (Å²) in [5.41, 5.74) is 2.11. The molecule has 0 radical (unpaired) electrons. The van der Waals surface area contributed by atoms with E-state index in [0.717, 1.165) is 16.5 Å². The summed E-state index contributed by atoms with van der Waals surface area (Å²) < 4.78 is 15.8. The summed E-state index contributed by atoms with van der Waals surface area (Å²) in [5, 5.41) is 13.2. The Morgan fingerprint density at radius 3 is 2.57 bits per heavy atom. The van der Waals surface area contributed by atoms with Gasteiger partial charge in [-0.25, -0.2) is 4.79 Å². The SMILES string of the molecule is COc1ccc(CCNC(=O)CCc2c(C)c3ccc(O)cc3oc2=O)cc1OC. The Hall–Kier alpha value is -3.48. The lowest BCUT2D eigenvalue weighted by Gasteiger charge is -2.10. The van der Waals surface area contributed by atoms with Crippen molar-refractivity contribution in [2.75, 3.05) is 20.8 Å². The maximum absolute atomic E-state index is 12.3. The number of aryl methyl sites for hydroxylation is 1. The zero-order valence-corrected chi connectivity index (χ0v) is 17.3. The normalized spacial score (nSPS) is 10.8. The predicted octanol–water partition coefficient (Wildman–Crippen LogP) is 3.12. The highest BCUT2D eigenvalue weighted by molar-refractivity contribution is 5.82. The highest BCUT2D eigenvalue weighted by atomic mass is 16.5. The number of amides is 1. The van der Waals surface area contributed by atoms with E-state index in [-0.39, 0.29) is 24.5 Å². The minimum atomic E-state index is -0.483. The minimum absolute atomic E-state index is 0.0339. The van der Waals surface area contributed by atoms with E-state index in [1.807, 2.05) is 25.1 Å². The van der Waals surface area contributed by atoms with E-state index in [9.17, 15) is 14.7 Å². The Morgan fingerprint density at radius 2 is 1.83 bits per heavy atom. The average molecular weight is 411 g/mol. The van der Waals surface area contributed by atoms with Crippen LogP contribution in [0.4, 0.5) is 0 Å². The molecule has 0 saturated heterocycles. The number of carbonyl (C=O) groups is 1. The van der Waals surface area contributed by atoms with Crippen molar-refractivity contribution in [1.82, 2.24) is 5.32 Å². The average Bonchev–Trinajstić information content (AvgIpc) is 2.73.